The Balaban J connectivity index is 0.000000250. The van der Waals surface area contributed by atoms with Crippen LogP contribution in [0, 0.1) is 20.5 Å². The Labute approximate surface area is 304 Å². The number of nitro benzene ring substituents is 1. The molecular formula is C32H18CoN6NaO8. The maximum atomic E-state index is 12.0. The van der Waals surface area contributed by atoms with Crippen molar-refractivity contribution in [3.8, 4) is 11.5 Å². The van der Waals surface area contributed by atoms with E-state index in [4.69, 9.17) is 0 Å². The van der Waals surface area contributed by atoms with E-state index in [1.807, 2.05) is 24.3 Å². The molecule has 14 nitrogen and oxygen atoms in total. The summed E-state index contributed by atoms with van der Waals surface area (Å²) in [7, 11) is 0. The van der Waals surface area contributed by atoms with E-state index in [1.165, 1.54) is 24.3 Å². The second-order valence-corrected chi connectivity index (χ2v) is 9.49. The molecule has 0 saturated carbocycles. The molecule has 0 spiro atoms. The van der Waals surface area contributed by atoms with Crippen LogP contribution in [0.1, 0.15) is 11.1 Å². The number of hydrogen-bond acceptors (Lipinski definition) is 13. The molecule has 0 radical (unpaired) electrons. The Morgan fingerprint density at radius 3 is 2.17 bits per heavy atom. The number of azo groups is 1. The molecule has 0 aliphatic heterocycles. The van der Waals surface area contributed by atoms with Crippen LogP contribution < -0.4 is 39.8 Å². The zero-order valence-electron chi connectivity index (χ0n) is 24.7. The fourth-order valence-corrected chi connectivity index (χ4v) is 4.28. The van der Waals surface area contributed by atoms with Crippen molar-refractivity contribution in [3.63, 3.8) is 0 Å². The van der Waals surface area contributed by atoms with Crippen molar-refractivity contribution in [1.29, 1.82) is 0 Å². The second-order valence-electron chi connectivity index (χ2n) is 9.49. The molecule has 48 heavy (non-hydrogen) atoms. The second kappa shape index (κ2) is 16.6. The molecule has 0 bridgehead atoms. The molecule has 0 amide bonds. The van der Waals surface area contributed by atoms with Gasteiger partial charge in [0.05, 0.1) is 16.3 Å². The number of hydroxylamine groups is 2. The standard InChI is InChI=1S/C16H11N3O4.C16H9N3O4.Co.Na/c2*20-14-8-5-10-3-1-2-4-12(10)16(14)18-17-13-7-6-11(19(22)23)9-15(13)21;;/h1-9,20-21H;1-9H;;/q;-2;+3;+1/p-2. The van der Waals surface area contributed by atoms with Crippen LogP contribution in [0.3, 0.4) is 0 Å². The number of nitro groups is 1. The van der Waals surface area contributed by atoms with E-state index in [0.717, 1.165) is 35.2 Å². The number of hydrogen-bond donors (Lipinski definition) is 0. The number of rotatable bonds is 5. The predicted octanol–water partition coefficient (Wildman–Crippen LogP) is 2.06. The summed E-state index contributed by atoms with van der Waals surface area (Å²) in [5.41, 5.74) is 0.935. The largest absolute Gasteiger partial charge is 3.00 e. The molecule has 2 aliphatic carbocycles. The first-order valence-electron chi connectivity index (χ1n) is 13.2. The van der Waals surface area contributed by atoms with E-state index in [1.54, 1.807) is 36.4 Å². The fraction of sp³-hybridized carbons (Fsp3) is 0. The Morgan fingerprint density at radius 2 is 1.46 bits per heavy atom. The van der Waals surface area contributed by atoms with Gasteiger partial charge in [-0.2, -0.15) is 10.2 Å². The molecule has 0 unspecified atom stereocenters. The average Bonchev–Trinajstić information content (AvgIpc) is 3.05. The molecule has 0 aromatic heterocycles. The molecule has 6 rings (SSSR count). The zero-order valence-corrected chi connectivity index (χ0v) is 27.7. The Kier molecular flexibility index (Phi) is 12.9. The summed E-state index contributed by atoms with van der Waals surface area (Å²) in [6, 6.07) is 20.6. The molecule has 0 heterocycles. The minimum Gasteiger partial charge on any atom is -0.871 e. The number of carbonyl (C=O) groups is 2. The Morgan fingerprint density at radius 1 is 0.729 bits per heavy atom. The van der Waals surface area contributed by atoms with Gasteiger partial charge in [0.25, 0.3) is 5.69 Å². The summed E-state index contributed by atoms with van der Waals surface area (Å²) in [5.74, 6) is -1.89. The fourth-order valence-electron chi connectivity index (χ4n) is 4.28. The molecule has 16 heteroatoms. The summed E-state index contributed by atoms with van der Waals surface area (Å²) in [6.07, 6.45) is 6.30. The maximum absolute atomic E-state index is 12.0. The third kappa shape index (κ3) is 8.61. The van der Waals surface area contributed by atoms with E-state index in [0.29, 0.717) is 10.9 Å². The van der Waals surface area contributed by atoms with Crippen LogP contribution in [0.2, 0.25) is 0 Å². The van der Waals surface area contributed by atoms with Crippen molar-refractivity contribution in [2.24, 2.45) is 20.4 Å². The Hall–Kier alpha value is -5.13. The average molecular weight is 696 g/mol. The summed E-state index contributed by atoms with van der Waals surface area (Å²) in [6.45, 7) is 0. The van der Waals surface area contributed by atoms with Gasteiger partial charge in [-0.3, -0.25) is 19.7 Å². The van der Waals surface area contributed by atoms with Crippen molar-refractivity contribution in [2.45, 2.75) is 0 Å². The summed E-state index contributed by atoms with van der Waals surface area (Å²) in [4.78, 5) is 33.7. The van der Waals surface area contributed by atoms with Crippen molar-refractivity contribution < 1.29 is 71.1 Å². The third-order valence-corrected chi connectivity index (χ3v) is 6.55. The predicted molar refractivity (Wildman–Crippen MR) is 165 cm³/mol. The number of nitrogens with zero attached hydrogens (tertiary/aromatic N) is 6. The number of benzene rings is 4. The van der Waals surface area contributed by atoms with Gasteiger partial charge in [-0.15, -0.1) is 10.2 Å². The minimum atomic E-state index is -0.664. The molecule has 2 aliphatic rings. The quantitative estimate of drug-likeness (QED) is 0.0978. The van der Waals surface area contributed by atoms with Crippen LogP contribution in [0.25, 0.3) is 16.8 Å². The first-order chi connectivity index (χ1) is 22.1. The van der Waals surface area contributed by atoms with Gasteiger partial charge in [-0.05, 0) is 35.2 Å². The van der Waals surface area contributed by atoms with Gasteiger partial charge in [-0.1, -0.05) is 78.2 Å². The topological polar surface area (TPSA) is 222 Å². The summed E-state index contributed by atoms with van der Waals surface area (Å²) in [5, 5.41) is 71.7. The van der Waals surface area contributed by atoms with E-state index >= 15 is 0 Å². The van der Waals surface area contributed by atoms with Crippen molar-refractivity contribution >= 4 is 56.9 Å². The Bertz CT molecular complexity index is 2090. The number of non-ortho nitro benzene ring substituents is 1. The van der Waals surface area contributed by atoms with Crippen molar-refractivity contribution in [3.05, 3.63) is 141 Å². The monoisotopic (exact) mass is 696 g/mol. The molecule has 0 N–H and O–H groups in total. The normalized spacial score (nSPS) is 14.9. The van der Waals surface area contributed by atoms with E-state index < -0.39 is 21.7 Å². The van der Waals surface area contributed by atoms with E-state index in [-0.39, 0.29) is 92.1 Å². The van der Waals surface area contributed by atoms with Crippen LogP contribution in [0.5, 0.6) is 11.5 Å². The summed E-state index contributed by atoms with van der Waals surface area (Å²) >= 11 is 0. The first kappa shape index (κ1) is 37.3. The van der Waals surface area contributed by atoms with Crippen LogP contribution in [-0.4, -0.2) is 33.1 Å². The van der Waals surface area contributed by atoms with Crippen LogP contribution >= 0.6 is 0 Å². The van der Waals surface area contributed by atoms with E-state index in [9.17, 15) is 40.3 Å². The molecule has 0 fully saturated rings. The number of ketones is 2. The van der Waals surface area contributed by atoms with Gasteiger partial charge >= 0.3 is 46.3 Å². The van der Waals surface area contributed by atoms with Crippen LogP contribution in [-0.2, 0) is 26.4 Å². The summed E-state index contributed by atoms with van der Waals surface area (Å²) < 4.78 is 0. The maximum Gasteiger partial charge on any atom is 3.00 e. The molecule has 4 aromatic rings. The minimum absolute atomic E-state index is 0. The van der Waals surface area contributed by atoms with Crippen LogP contribution in [0.15, 0.2) is 129 Å². The van der Waals surface area contributed by atoms with Gasteiger partial charge in [-0.25, -0.2) is 0 Å². The van der Waals surface area contributed by atoms with Gasteiger partial charge in [0.2, 0.25) is 11.6 Å². The van der Waals surface area contributed by atoms with E-state index in [2.05, 4.69) is 20.4 Å². The number of fused-ring (bicyclic) bond motifs is 2. The molecule has 234 valence electrons. The van der Waals surface area contributed by atoms with Gasteiger partial charge in [0, 0.05) is 34.9 Å². The molecule has 0 saturated heterocycles. The van der Waals surface area contributed by atoms with Gasteiger partial charge < -0.3 is 25.9 Å². The molecule has 0 atom stereocenters. The van der Waals surface area contributed by atoms with Crippen molar-refractivity contribution in [2.75, 3.05) is 0 Å². The zero-order chi connectivity index (χ0) is 32.8. The van der Waals surface area contributed by atoms with Crippen LogP contribution in [0.4, 0.5) is 17.1 Å². The SMILES string of the molecule is O=C1C=C(N([O-])[O-])C=CC1=NN=C1C(=O)C=Cc2ccccc21.O=[N+]([O-])c1ccc(N=Nc2c([O-])ccc3ccccc23)c([O-])c1.[Co+3].[Na+]. The number of allylic oxidation sites excluding steroid dienone is 4. The first-order valence-corrected chi connectivity index (χ1v) is 13.2. The molecule has 4 aromatic carbocycles. The smallest absolute Gasteiger partial charge is 0.871 e. The number of carbonyl (C=O) groups excluding carboxylic acids is 2. The van der Waals surface area contributed by atoms with Gasteiger partial charge in [0.15, 0.2) is 0 Å². The third-order valence-electron chi connectivity index (χ3n) is 6.55. The molecular weight excluding hydrogens is 678 g/mol. The van der Waals surface area contributed by atoms with Crippen molar-refractivity contribution in [1.82, 2.24) is 5.23 Å². The van der Waals surface area contributed by atoms with Gasteiger partial charge in [0.1, 0.15) is 11.4 Å².